The van der Waals surface area contributed by atoms with Crippen LogP contribution in [0.5, 0.6) is 0 Å². The Hall–Kier alpha value is -1.27. The minimum absolute atomic E-state index is 0.142. The summed E-state index contributed by atoms with van der Waals surface area (Å²) in [6.45, 7) is 3.86. The Kier molecular flexibility index (Phi) is 2.97. The van der Waals surface area contributed by atoms with Gasteiger partial charge in [-0.2, -0.15) is 5.26 Å². The summed E-state index contributed by atoms with van der Waals surface area (Å²) in [6, 6.07) is 3.62. The zero-order valence-electron chi connectivity index (χ0n) is 8.34. The van der Waals surface area contributed by atoms with Crippen LogP contribution < -0.4 is 5.56 Å². The van der Waals surface area contributed by atoms with E-state index in [1.807, 2.05) is 19.9 Å². The predicted octanol–water partition coefficient (Wildman–Crippen LogP) is 2.03. The van der Waals surface area contributed by atoms with Gasteiger partial charge in [-0.3, -0.25) is 4.79 Å². The van der Waals surface area contributed by atoms with Crippen molar-refractivity contribution >= 4 is 11.6 Å². The molecule has 0 radical (unpaired) electrons. The first-order valence-electron chi connectivity index (χ1n) is 4.28. The second-order valence-corrected chi connectivity index (χ2v) is 3.81. The lowest BCUT2D eigenvalue weighted by Crippen LogP contribution is -2.21. The van der Waals surface area contributed by atoms with E-state index < -0.39 is 0 Å². The molecule has 0 aromatic carbocycles. The molecule has 0 unspecified atom stereocenters. The molecule has 4 heteroatoms. The van der Waals surface area contributed by atoms with Crippen molar-refractivity contribution in [1.29, 1.82) is 5.26 Å². The fourth-order valence-corrected chi connectivity index (χ4v) is 1.61. The molecule has 0 saturated heterocycles. The monoisotopic (exact) mass is 210 g/mol. The van der Waals surface area contributed by atoms with Crippen molar-refractivity contribution in [3.05, 3.63) is 32.7 Å². The number of nitrogens with zero attached hydrogens (tertiary/aromatic N) is 2. The van der Waals surface area contributed by atoms with Crippen LogP contribution in [0.25, 0.3) is 0 Å². The Bertz CT molecular complexity index is 454. The number of nitriles is 1. The average Bonchev–Trinajstić information content (AvgIpc) is 2.14. The molecule has 0 amide bonds. The number of aromatic nitrogens is 1. The van der Waals surface area contributed by atoms with Gasteiger partial charge in [-0.1, -0.05) is 25.4 Å². The van der Waals surface area contributed by atoms with Crippen LogP contribution in [0.15, 0.2) is 10.9 Å². The van der Waals surface area contributed by atoms with Crippen molar-refractivity contribution in [2.45, 2.75) is 19.8 Å². The molecule has 1 rings (SSSR count). The SMILES string of the molecule is CC(C)c1cc(C#N)n(C)c(=O)c1Cl. The molecular weight excluding hydrogens is 200 g/mol. The molecule has 1 heterocycles. The highest BCUT2D eigenvalue weighted by Gasteiger charge is 2.12. The Morgan fingerprint density at radius 1 is 1.57 bits per heavy atom. The van der Waals surface area contributed by atoms with E-state index in [-0.39, 0.29) is 16.5 Å². The van der Waals surface area contributed by atoms with Gasteiger partial charge >= 0.3 is 0 Å². The maximum atomic E-state index is 11.6. The van der Waals surface area contributed by atoms with Gasteiger partial charge in [0.15, 0.2) is 0 Å². The first kappa shape index (κ1) is 10.8. The van der Waals surface area contributed by atoms with Crippen LogP contribution in [0, 0.1) is 11.3 Å². The van der Waals surface area contributed by atoms with Crippen molar-refractivity contribution in [2.75, 3.05) is 0 Å². The van der Waals surface area contributed by atoms with E-state index in [0.717, 1.165) is 5.56 Å². The first-order valence-corrected chi connectivity index (χ1v) is 4.66. The third kappa shape index (κ3) is 1.66. The zero-order chi connectivity index (χ0) is 10.9. The third-order valence-corrected chi connectivity index (χ3v) is 2.52. The summed E-state index contributed by atoms with van der Waals surface area (Å²) in [5, 5.41) is 9.00. The van der Waals surface area contributed by atoms with Crippen molar-refractivity contribution < 1.29 is 0 Å². The maximum Gasteiger partial charge on any atom is 0.270 e. The average molecular weight is 211 g/mol. The number of hydrogen-bond donors (Lipinski definition) is 0. The molecule has 0 bridgehead atoms. The smallest absolute Gasteiger partial charge is 0.270 e. The fourth-order valence-electron chi connectivity index (χ4n) is 1.21. The molecule has 1 aromatic rings. The molecule has 0 aliphatic carbocycles. The van der Waals surface area contributed by atoms with Crippen LogP contribution in [0.3, 0.4) is 0 Å². The van der Waals surface area contributed by atoms with Gasteiger partial charge in [0.25, 0.3) is 5.56 Å². The lowest BCUT2D eigenvalue weighted by Gasteiger charge is -2.10. The molecule has 1 aromatic heterocycles. The minimum Gasteiger partial charge on any atom is -0.302 e. The highest BCUT2D eigenvalue weighted by atomic mass is 35.5. The molecule has 0 aliphatic heterocycles. The Morgan fingerprint density at radius 3 is 2.57 bits per heavy atom. The van der Waals surface area contributed by atoms with E-state index in [2.05, 4.69) is 0 Å². The topological polar surface area (TPSA) is 45.8 Å². The van der Waals surface area contributed by atoms with Gasteiger partial charge in [-0.25, -0.2) is 0 Å². The molecule has 3 nitrogen and oxygen atoms in total. The number of halogens is 1. The molecule has 0 atom stereocenters. The highest BCUT2D eigenvalue weighted by Crippen LogP contribution is 2.21. The lowest BCUT2D eigenvalue weighted by atomic mass is 10.0. The largest absolute Gasteiger partial charge is 0.302 e. The Labute approximate surface area is 87.5 Å². The van der Waals surface area contributed by atoms with Crippen molar-refractivity contribution in [2.24, 2.45) is 7.05 Å². The van der Waals surface area contributed by atoms with Gasteiger partial charge in [0.2, 0.25) is 0 Å². The van der Waals surface area contributed by atoms with Gasteiger partial charge in [0.1, 0.15) is 16.8 Å². The second kappa shape index (κ2) is 3.85. The standard InChI is InChI=1S/C10H11ClN2O/c1-6(2)8-4-7(5-12)13(3)10(14)9(8)11/h4,6H,1-3H3. The van der Waals surface area contributed by atoms with Crippen molar-refractivity contribution in [3.8, 4) is 6.07 Å². The minimum atomic E-state index is -0.311. The number of rotatable bonds is 1. The molecule has 0 N–H and O–H groups in total. The molecule has 14 heavy (non-hydrogen) atoms. The quantitative estimate of drug-likeness (QED) is 0.712. The van der Waals surface area contributed by atoms with Gasteiger partial charge in [0, 0.05) is 7.05 Å². The molecule has 0 spiro atoms. The van der Waals surface area contributed by atoms with Gasteiger partial charge in [-0.15, -0.1) is 0 Å². The summed E-state index contributed by atoms with van der Waals surface area (Å²) in [5.74, 6) is 0.142. The normalized spacial score (nSPS) is 10.3. The van der Waals surface area contributed by atoms with E-state index >= 15 is 0 Å². The molecule has 74 valence electrons. The van der Waals surface area contributed by atoms with Crippen LogP contribution >= 0.6 is 11.6 Å². The highest BCUT2D eigenvalue weighted by molar-refractivity contribution is 6.31. The predicted molar refractivity (Wildman–Crippen MR) is 55.5 cm³/mol. The molecule has 0 fully saturated rings. The van der Waals surface area contributed by atoms with E-state index in [4.69, 9.17) is 16.9 Å². The first-order chi connectivity index (χ1) is 6.49. The summed E-state index contributed by atoms with van der Waals surface area (Å²) in [7, 11) is 1.54. The van der Waals surface area contributed by atoms with E-state index in [1.165, 1.54) is 11.6 Å². The summed E-state index contributed by atoms with van der Waals surface area (Å²) in [6.07, 6.45) is 0. The van der Waals surface area contributed by atoms with Crippen LogP contribution in [0.4, 0.5) is 0 Å². The van der Waals surface area contributed by atoms with Crippen LogP contribution in [0.2, 0.25) is 5.02 Å². The van der Waals surface area contributed by atoms with Gasteiger partial charge in [-0.05, 0) is 17.5 Å². The van der Waals surface area contributed by atoms with Crippen LogP contribution in [0.1, 0.15) is 31.0 Å². The molecule has 0 aliphatic rings. The van der Waals surface area contributed by atoms with Gasteiger partial charge < -0.3 is 4.57 Å². The second-order valence-electron chi connectivity index (χ2n) is 3.43. The maximum absolute atomic E-state index is 11.6. The van der Waals surface area contributed by atoms with Crippen molar-refractivity contribution in [1.82, 2.24) is 4.57 Å². The lowest BCUT2D eigenvalue weighted by molar-refractivity contribution is 0.802. The fraction of sp³-hybridized carbons (Fsp3) is 0.400. The van der Waals surface area contributed by atoms with Crippen molar-refractivity contribution in [3.63, 3.8) is 0 Å². The van der Waals surface area contributed by atoms with Gasteiger partial charge in [0.05, 0.1) is 0 Å². The Balaban J connectivity index is 3.59. The summed E-state index contributed by atoms with van der Waals surface area (Å²) in [5.41, 5.74) is 0.754. The third-order valence-electron chi connectivity index (χ3n) is 2.14. The summed E-state index contributed by atoms with van der Waals surface area (Å²) < 4.78 is 1.26. The molecule has 0 saturated carbocycles. The van der Waals surface area contributed by atoms with E-state index in [0.29, 0.717) is 5.69 Å². The van der Waals surface area contributed by atoms with E-state index in [1.54, 1.807) is 6.07 Å². The Morgan fingerprint density at radius 2 is 2.14 bits per heavy atom. The molecular formula is C10H11ClN2O. The summed E-state index contributed by atoms with van der Waals surface area (Å²) in [4.78, 5) is 11.6. The summed E-state index contributed by atoms with van der Waals surface area (Å²) >= 11 is 5.88. The van der Waals surface area contributed by atoms with Crippen LogP contribution in [-0.2, 0) is 7.05 Å². The van der Waals surface area contributed by atoms with E-state index in [9.17, 15) is 4.79 Å². The zero-order valence-corrected chi connectivity index (χ0v) is 9.09. The van der Waals surface area contributed by atoms with Crippen LogP contribution in [-0.4, -0.2) is 4.57 Å². The number of hydrogen-bond acceptors (Lipinski definition) is 2. The number of pyridine rings is 1.